The molecule has 0 N–H and O–H groups in total. The van der Waals surface area contributed by atoms with Crippen LogP contribution in [0.1, 0.15) is 41.5 Å². The quantitative estimate of drug-likeness (QED) is 0.540. The molecule has 0 spiro atoms. The van der Waals surface area contributed by atoms with Crippen molar-refractivity contribution in [2.75, 3.05) is 6.61 Å². The van der Waals surface area contributed by atoms with Crippen LogP contribution in [0.3, 0.4) is 0 Å². The van der Waals surface area contributed by atoms with E-state index < -0.39 is 19.3 Å². The van der Waals surface area contributed by atoms with E-state index in [1.165, 1.54) is 10.4 Å². The van der Waals surface area contributed by atoms with Crippen molar-refractivity contribution in [2.24, 2.45) is 4.40 Å². The molecule has 2 rings (SSSR count). The van der Waals surface area contributed by atoms with E-state index in [1.54, 1.807) is 6.21 Å². The van der Waals surface area contributed by atoms with Crippen molar-refractivity contribution < 1.29 is 8.63 Å². The first-order valence-corrected chi connectivity index (χ1v) is 12.3. The van der Waals surface area contributed by atoms with Gasteiger partial charge in [0.15, 0.2) is 0 Å². The molecule has 0 fully saturated rings. The number of benzene rings is 2. The highest BCUT2D eigenvalue weighted by molar-refractivity contribution is 7.85. The van der Waals surface area contributed by atoms with E-state index in [0.717, 1.165) is 0 Å². The van der Waals surface area contributed by atoms with Gasteiger partial charge in [0.1, 0.15) is 11.0 Å². The highest BCUT2D eigenvalue weighted by Crippen LogP contribution is 2.36. The lowest BCUT2D eigenvalue weighted by atomic mass is 10.2. The molecule has 0 saturated heterocycles. The fourth-order valence-corrected chi connectivity index (χ4v) is 8.17. The van der Waals surface area contributed by atoms with E-state index in [-0.39, 0.29) is 9.79 Å². The number of nitrogens with zero attached hydrogens (tertiary/aromatic N) is 1. The highest BCUT2D eigenvalue weighted by atomic mass is 32.2. The zero-order valence-corrected chi connectivity index (χ0v) is 19.0. The second kappa shape index (κ2) is 8.63. The molecule has 0 radical (unpaired) electrons. The third kappa shape index (κ3) is 5.03. The monoisotopic (exact) mass is 401 g/mol. The summed E-state index contributed by atoms with van der Waals surface area (Å²) in [6.45, 7) is 12.8. The molecule has 0 bridgehead atoms. The van der Waals surface area contributed by atoms with Gasteiger partial charge in [-0.1, -0.05) is 81.4 Å². The molecule has 0 amide bonds. The van der Waals surface area contributed by atoms with Crippen molar-refractivity contribution in [1.29, 1.82) is 0 Å². The second-order valence-corrected chi connectivity index (χ2v) is 14.9. The lowest BCUT2D eigenvalue weighted by molar-refractivity contribution is 0.355. The van der Waals surface area contributed by atoms with Crippen molar-refractivity contribution in [3.8, 4) is 0 Å². The molecular formula is C22H31NO2SSi. The Bertz CT molecular complexity index is 738. The third-order valence-corrected chi connectivity index (χ3v) is 10.9. The summed E-state index contributed by atoms with van der Waals surface area (Å²) in [7, 11) is -3.83. The van der Waals surface area contributed by atoms with Crippen molar-refractivity contribution in [2.45, 2.75) is 51.3 Å². The molecule has 2 aromatic carbocycles. The molecule has 0 unspecified atom stereocenters. The summed E-state index contributed by atoms with van der Waals surface area (Å²) in [5.74, 6) is 0. The normalized spacial score (nSPS) is 14.4. The Morgan fingerprint density at radius 1 is 0.889 bits per heavy atom. The van der Waals surface area contributed by atoms with Gasteiger partial charge in [-0.3, -0.25) is 0 Å². The van der Waals surface area contributed by atoms with E-state index in [1.807, 2.05) is 32.9 Å². The van der Waals surface area contributed by atoms with Crippen molar-refractivity contribution >= 4 is 35.9 Å². The van der Waals surface area contributed by atoms with Crippen LogP contribution < -0.4 is 10.4 Å². The Morgan fingerprint density at radius 2 is 1.33 bits per heavy atom. The van der Waals surface area contributed by atoms with Gasteiger partial charge < -0.3 is 4.43 Å². The topological polar surface area (TPSA) is 38.7 Å². The summed E-state index contributed by atoms with van der Waals surface area (Å²) in [5.41, 5.74) is 0. The summed E-state index contributed by atoms with van der Waals surface area (Å²) in [6.07, 6.45) is 1.67. The van der Waals surface area contributed by atoms with Crippen LogP contribution >= 0.6 is 0 Å². The Hall–Kier alpha value is -1.56. The molecule has 1 atom stereocenters. The summed E-state index contributed by atoms with van der Waals surface area (Å²) >= 11 is 0. The largest absolute Gasteiger partial charge is 0.402 e. The Kier molecular flexibility index (Phi) is 6.95. The molecule has 2 aromatic rings. The maximum atomic E-state index is 12.2. The number of hydrogen-bond donors (Lipinski definition) is 0. The molecule has 27 heavy (non-hydrogen) atoms. The minimum absolute atomic E-state index is 0.0767. The van der Waals surface area contributed by atoms with Crippen LogP contribution in [-0.2, 0) is 15.4 Å². The SMILES string of the molecule is CC(C)(C)[S@@](=O)/N=C/CO[Si](c1ccccc1)(c1ccccc1)C(C)(C)C. The van der Waals surface area contributed by atoms with E-state index in [2.05, 4.69) is 73.7 Å². The van der Waals surface area contributed by atoms with Gasteiger partial charge in [-0.05, 0) is 36.2 Å². The smallest absolute Gasteiger partial charge is 0.261 e. The zero-order valence-electron chi connectivity index (χ0n) is 17.2. The average Bonchev–Trinajstić information content (AvgIpc) is 2.61. The van der Waals surface area contributed by atoms with Crippen LogP contribution in [0.25, 0.3) is 0 Å². The van der Waals surface area contributed by atoms with Gasteiger partial charge in [0, 0.05) is 6.21 Å². The van der Waals surface area contributed by atoms with Crippen LogP contribution in [0.4, 0.5) is 0 Å². The first kappa shape index (κ1) is 21.7. The Labute approximate surface area is 167 Å². The van der Waals surface area contributed by atoms with Gasteiger partial charge in [-0.2, -0.15) is 4.40 Å². The third-order valence-electron chi connectivity index (χ3n) is 4.49. The van der Waals surface area contributed by atoms with Crippen LogP contribution in [0.2, 0.25) is 5.04 Å². The Morgan fingerprint density at radius 3 is 1.70 bits per heavy atom. The maximum Gasteiger partial charge on any atom is 0.261 e. The standard InChI is InChI=1S/C22H31NO2SSi/c1-21(2,3)26(24)23-17-18-25-27(22(4,5)6,19-13-9-7-10-14-19)20-15-11-8-12-16-20/h7-17H,18H2,1-6H3/b23-17+/t26-/m1/s1. The zero-order chi connectivity index (χ0) is 20.1. The van der Waals surface area contributed by atoms with Crippen molar-refractivity contribution in [3.05, 3.63) is 60.7 Å². The van der Waals surface area contributed by atoms with Gasteiger partial charge in [0.25, 0.3) is 8.32 Å². The highest BCUT2D eigenvalue weighted by Gasteiger charge is 2.49. The minimum atomic E-state index is -2.56. The maximum absolute atomic E-state index is 12.2. The van der Waals surface area contributed by atoms with Gasteiger partial charge in [0.05, 0.1) is 11.4 Å². The fourth-order valence-electron chi connectivity index (χ4n) is 3.18. The summed E-state index contributed by atoms with van der Waals surface area (Å²) in [5, 5.41) is 2.38. The second-order valence-electron chi connectivity index (χ2n) is 8.62. The van der Waals surface area contributed by atoms with Gasteiger partial charge >= 0.3 is 0 Å². The molecule has 3 nitrogen and oxygen atoms in total. The van der Waals surface area contributed by atoms with E-state index in [9.17, 15) is 4.21 Å². The van der Waals surface area contributed by atoms with Gasteiger partial charge in [-0.25, -0.2) is 4.21 Å². The first-order chi connectivity index (χ1) is 12.6. The van der Waals surface area contributed by atoms with Crippen LogP contribution in [0, 0.1) is 0 Å². The van der Waals surface area contributed by atoms with Gasteiger partial charge in [0.2, 0.25) is 0 Å². The molecule has 146 valence electrons. The molecule has 0 aromatic heterocycles. The van der Waals surface area contributed by atoms with Crippen molar-refractivity contribution in [3.63, 3.8) is 0 Å². The predicted molar refractivity (Wildman–Crippen MR) is 120 cm³/mol. The van der Waals surface area contributed by atoms with E-state index in [0.29, 0.717) is 6.61 Å². The number of hydrogen-bond acceptors (Lipinski definition) is 2. The predicted octanol–water partition coefficient (Wildman–Crippen LogP) is 4.10. The molecule has 0 aliphatic rings. The lowest BCUT2D eigenvalue weighted by Crippen LogP contribution is -2.66. The van der Waals surface area contributed by atoms with E-state index in [4.69, 9.17) is 4.43 Å². The molecule has 0 heterocycles. The molecule has 0 aliphatic heterocycles. The first-order valence-electron chi connectivity index (χ1n) is 9.28. The molecule has 5 heteroatoms. The summed E-state index contributed by atoms with van der Waals surface area (Å²) < 4.78 is 22.7. The minimum Gasteiger partial charge on any atom is -0.402 e. The Balaban J connectivity index is 2.44. The number of rotatable bonds is 6. The van der Waals surface area contributed by atoms with Crippen LogP contribution in [-0.4, -0.2) is 30.1 Å². The summed E-state index contributed by atoms with van der Waals surface area (Å²) in [4.78, 5) is 0. The van der Waals surface area contributed by atoms with Crippen LogP contribution in [0.15, 0.2) is 65.1 Å². The van der Waals surface area contributed by atoms with Crippen LogP contribution in [0.5, 0.6) is 0 Å². The fraction of sp³-hybridized carbons (Fsp3) is 0.409. The molecule has 0 saturated carbocycles. The average molecular weight is 402 g/mol. The molecular weight excluding hydrogens is 370 g/mol. The van der Waals surface area contributed by atoms with Gasteiger partial charge in [-0.15, -0.1) is 0 Å². The van der Waals surface area contributed by atoms with Crippen molar-refractivity contribution in [1.82, 2.24) is 0 Å². The molecule has 0 aliphatic carbocycles. The summed E-state index contributed by atoms with van der Waals surface area (Å²) in [6, 6.07) is 21.0. The van der Waals surface area contributed by atoms with E-state index >= 15 is 0 Å². The lowest BCUT2D eigenvalue weighted by Gasteiger charge is -2.42.